The molecule has 3 aromatic carbocycles. The Kier molecular flexibility index (Phi) is 12.3. The molecule has 0 spiro atoms. The fourth-order valence-corrected chi connectivity index (χ4v) is 9.89. The lowest BCUT2D eigenvalue weighted by Gasteiger charge is -2.27. The molecule has 0 radical (unpaired) electrons. The maximum atomic E-state index is 11.2. The first-order valence-electron chi connectivity index (χ1n) is 17.8. The van der Waals surface area contributed by atoms with Crippen molar-refractivity contribution in [2.24, 2.45) is 0 Å². The van der Waals surface area contributed by atoms with Crippen LogP contribution in [0, 0.1) is 29.6 Å². The van der Waals surface area contributed by atoms with Crippen LogP contribution in [0.3, 0.4) is 0 Å². The number of anilines is 3. The molecule has 0 saturated carbocycles. The van der Waals surface area contributed by atoms with Crippen molar-refractivity contribution in [3.8, 4) is 37.4 Å². The molecule has 0 aliphatic heterocycles. The number of aryl methyl sites for hydroxylation is 1. The lowest BCUT2D eigenvalue weighted by molar-refractivity contribution is -0.133. The monoisotopic (exact) mass is 845 g/mol. The fourth-order valence-electron chi connectivity index (χ4n) is 5.99. The molecule has 59 heavy (non-hydrogen) atoms. The van der Waals surface area contributed by atoms with Gasteiger partial charge in [0.25, 0.3) is 0 Å². The number of carboxylic acids is 2. The summed E-state index contributed by atoms with van der Waals surface area (Å²) in [6, 6.07) is 41.0. The Balaban J connectivity index is 1.06. The number of carboxylic acid groups (broad SMARTS) is 2. The highest BCUT2D eigenvalue weighted by atomic mass is 32.1. The third-order valence-corrected chi connectivity index (χ3v) is 13.4. The number of aliphatic carboxylic acids is 2. The van der Waals surface area contributed by atoms with Crippen molar-refractivity contribution in [1.29, 1.82) is 10.5 Å². The second kappa shape index (κ2) is 18.0. The minimum Gasteiger partial charge on any atom is -0.508 e. The molecule has 0 bridgehead atoms. The van der Waals surface area contributed by atoms with Crippen LogP contribution >= 0.6 is 45.3 Å². The van der Waals surface area contributed by atoms with E-state index in [4.69, 9.17) is 10.5 Å². The molecule has 3 N–H and O–H groups in total. The van der Waals surface area contributed by atoms with Crippen molar-refractivity contribution in [1.82, 2.24) is 0 Å². The number of nitrogens with zero attached hydrogens (tertiary/aromatic N) is 3. The van der Waals surface area contributed by atoms with Crippen LogP contribution in [0.4, 0.5) is 17.1 Å². The number of hydrogen-bond acceptors (Lipinski definition) is 10. The van der Waals surface area contributed by atoms with Gasteiger partial charge in [-0.2, -0.15) is 10.5 Å². The third kappa shape index (κ3) is 9.74. The Morgan fingerprint density at radius 3 is 1.31 bits per heavy atom. The van der Waals surface area contributed by atoms with Gasteiger partial charge in [-0.15, -0.1) is 45.3 Å². The standard InChI is InChI=1S/C47H31N3O5S4/c1-29-24-36(51)12-19-41(29)50(34-8-2-30(3-9-34)6-13-37-15-20-42(56-37)44-22-17-39(58-44)25-32(27-48)46(52)53)35-10-4-31(5-11-35)7-14-38-16-21-43(57-38)45-23-18-40(59-45)26-33(28-49)47(54)55/h2-26,51H,1H3,(H,52,53)(H,54,55)/b13-6+,14-7+,32-25+,33-26+. The van der Waals surface area contributed by atoms with Gasteiger partial charge in [0, 0.05) is 56.1 Å². The van der Waals surface area contributed by atoms with Crippen molar-refractivity contribution in [2.75, 3.05) is 4.90 Å². The second-order valence-electron chi connectivity index (χ2n) is 12.9. The Morgan fingerprint density at radius 2 is 0.932 bits per heavy atom. The van der Waals surface area contributed by atoms with Crippen molar-refractivity contribution in [3.63, 3.8) is 0 Å². The number of nitriles is 2. The normalized spacial score (nSPS) is 11.8. The summed E-state index contributed by atoms with van der Waals surface area (Å²) < 4.78 is 0. The first kappa shape index (κ1) is 40.1. The number of thiophene rings is 4. The fraction of sp³-hybridized carbons (Fsp3) is 0.0213. The van der Waals surface area contributed by atoms with E-state index in [2.05, 4.69) is 77.7 Å². The summed E-state index contributed by atoms with van der Waals surface area (Å²) in [4.78, 5) is 32.2. The van der Waals surface area contributed by atoms with E-state index in [9.17, 15) is 24.9 Å². The molecule has 0 saturated heterocycles. The number of hydrogen-bond donors (Lipinski definition) is 3. The predicted octanol–water partition coefficient (Wildman–Crippen LogP) is 13.1. The summed E-state index contributed by atoms with van der Waals surface area (Å²) in [5, 5.41) is 46.7. The molecule has 7 aromatic rings. The Hall–Kier alpha value is -7.06. The smallest absolute Gasteiger partial charge is 0.346 e. The molecule has 4 aromatic heterocycles. The molecule has 7 rings (SSSR count). The molecule has 8 nitrogen and oxygen atoms in total. The quantitative estimate of drug-likeness (QED) is 0.0768. The highest BCUT2D eigenvalue weighted by Gasteiger charge is 2.16. The van der Waals surface area contributed by atoms with Gasteiger partial charge in [0.2, 0.25) is 0 Å². The molecular weight excluding hydrogens is 815 g/mol. The zero-order valence-corrected chi connectivity index (χ0v) is 34.3. The van der Waals surface area contributed by atoms with Crippen LogP contribution in [0.5, 0.6) is 5.75 Å². The summed E-state index contributed by atoms with van der Waals surface area (Å²) in [6.45, 7) is 1.97. The molecule has 0 atom stereocenters. The van der Waals surface area contributed by atoms with Crippen LogP contribution in [0.1, 0.15) is 36.2 Å². The lowest BCUT2D eigenvalue weighted by atomic mass is 10.1. The van der Waals surface area contributed by atoms with Crippen molar-refractivity contribution in [3.05, 3.63) is 163 Å². The summed E-state index contributed by atoms with van der Waals surface area (Å²) >= 11 is 6.12. The van der Waals surface area contributed by atoms with E-state index in [0.29, 0.717) is 9.75 Å². The first-order valence-corrected chi connectivity index (χ1v) is 21.1. The maximum absolute atomic E-state index is 11.2. The van der Waals surface area contributed by atoms with E-state index in [0.717, 1.165) is 63.0 Å². The molecule has 12 heteroatoms. The molecule has 288 valence electrons. The predicted molar refractivity (Wildman–Crippen MR) is 243 cm³/mol. The summed E-state index contributed by atoms with van der Waals surface area (Å²) in [6.07, 6.45) is 11.0. The Labute approximate surface area is 356 Å². The molecular formula is C47H31N3O5S4. The van der Waals surface area contributed by atoms with Crippen LogP contribution in [0.2, 0.25) is 0 Å². The number of aromatic hydroxyl groups is 1. The summed E-state index contributed by atoms with van der Waals surface area (Å²) in [7, 11) is 0. The van der Waals surface area contributed by atoms with E-state index < -0.39 is 11.9 Å². The van der Waals surface area contributed by atoms with Gasteiger partial charge >= 0.3 is 11.9 Å². The van der Waals surface area contributed by atoms with Gasteiger partial charge in [-0.05, 0) is 139 Å². The van der Waals surface area contributed by atoms with Crippen LogP contribution < -0.4 is 4.90 Å². The SMILES string of the molecule is Cc1cc(O)ccc1N(c1ccc(/C=C/c2ccc(-c3ccc(/C=C(\C#N)C(=O)O)s3)s2)cc1)c1ccc(/C=C/c2ccc(-c3ccc(/C=C(\C#N)C(=O)O)s3)s2)cc1. The minimum atomic E-state index is -1.24. The van der Waals surface area contributed by atoms with Gasteiger partial charge in [0.15, 0.2) is 0 Å². The van der Waals surface area contributed by atoms with Crippen LogP contribution in [0.15, 0.2) is 126 Å². The maximum Gasteiger partial charge on any atom is 0.346 e. The van der Waals surface area contributed by atoms with Gasteiger partial charge < -0.3 is 20.2 Å². The number of phenols is 1. The topological polar surface area (TPSA) is 146 Å². The molecule has 0 aliphatic carbocycles. The van der Waals surface area contributed by atoms with Crippen molar-refractivity contribution < 1.29 is 24.9 Å². The van der Waals surface area contributed by atoms with Gasteiger partial charge in [0.1, 0.15) is 29.0 Å². The lowest BCUT2D eigenvalue weighted by Crippen LogP contribution is -2.11. The highest BCUT2D eigenvalue weighted by Crippen LogP contribution is 2.39. The number of phenolic OH excluding ortho intramolecular Hbond substituents is 1. The Bertz CT molecular complexity index is 2720. The van der Waals surface area contributed by atoms with E-state index in [1.807, 2.05) is 61.5 Å². The number of benzene rings is 3. The third-order valence-electron chi connectivity index (χ3n) is 8.87. The van der Waals surface area contributed by atoms with Crippen molar-refractivity contribution in [2.45, 2.75) is 6.92 Å². The van der Waals surface area contributed by atoms with Gasteiger partial charge in [0.05, 0.1) is 0 Å². The van der Waals surface area contributed by atoms with E-state index in [1.54, 1.807) is 46.9 Å². The van der Waals surface area contributed by atoms with Crippen LogP contribution in [-0.2, 0) is 9.59 Å². The minimum absolute atomic E-state index is 0.200. The molecule has 0 fully saturated rings. The van der Waals surface area contributed by atoms with Crippen LogP contribution in [0.25, 0.3) is 56.0 Å². The summed E-state index contributed by atoms with van der Waals surface area (Å²) in [5.41, 5.74) is 5.20. The largest absolute Gasteiger partial charge is 0.508 e. The first-order chi connectivity index (χ1) is 28.6. The molecule has 0 aliphatic rings. The van der Waals surface area contributed by atoms with Gasteiger partial charge in [-0.25, -0.2) is 9.59 Å². The van der Waals surface area contributed by atoms with Crippen LogP contribution in [-0.4, -0.2) is 27.3 Å². The highest BCUT2D eigenvalue weighted by molar-refractivity contribution is 7.23. The zero-order valence-electron chi connectivity index (χ0n) is 31.1. The average Bonchev–Trinajstić information content (AvgIpc) is 4.07. The van der Waals surface area contributed by atoms with Gasteiger partial charge in [-0.1, -0.05) is 36.4 Å². The zero-order chi connectivity index (χ0) is 41.5. The number of rotatable bonds is 13. The van der Waals surface area contributed by atoms with E-state index in [-0.39, 0.29) is 16.9 Å². The Morgan fingerprint density at radius 1 is 0.542 bits per heavy atom. The van der Waals surface area contributed by atoms with Gasteiger partial charge in [-0.3, -0.25) is 0 Å². The molecule has 0 amide bonds. The van der Waals surface area contributed by atoms with E-state index in [1.165, 1.54) is 34.8 Å². The second-order valence-corrected chi connectivity index (χ2v) is 17.4. The molecule has 4 heterocycles. The van der Waals surface area contributed by atoms with Crippen molar-refractivity contribution >= 4 is 111 Å². The summed E-state index contributed by atoms with van der Waals surface area (Å²) in [5.74, 6) is -2.29. The average molecular weight is 846 g/mol. The molecule has 0 unspecified atom stereocenters. The number of carbonyl (C=O) groups is 2. The van der Waals surface area contributed by atoms with E-state index >= 15 is 0 Å².